The largest absolute Gasteiger partial charge is 0.338 e. The first-order chi connectivity index (χ1) is 11.3. The van der Waals surface area contributed by atoms with E-state index >= 15 is 0 Å². The Balaban J connectivity index is 1.37. The molecule has 0 bridgehead atoms. The molecule has 1 aromatic carbocycles. The molecule has 0 atom stereocenters. The molecule has 0 aliphatic rings. The Hall–Kier alpha value is -2.82. The van der Waals surface area contributed by atoms with E-state index < -0.39 is 0 Å². The summed E-state index contributed by atoms with van der Waals surface area (Å²) in [5.41, 5.74) is 3.12. The van der Waals surface area contributed by atoms with Gasteiger partial charge in [0.15, 0.2) is 0 Å². The molecule has 5 nitrogen and oxygen atoms in total. The first kappa shape index (κ1) is 15.1. The third-order valence-corrected chi connectivity index (χ3v) is 3.62. The fraction of sp³-hybridized carbons (Fsp3) is 0.222. The fourth-order valence-corrected chi connectivity index (χ4v) is 2.44. The number of benzene rings is 1. The molecule has 2 N–H and O–H groups in total. The minimum atomic E-state index is -0.135. The van der Waals surface area contributed by atoms with Crippen LogP contribution in [0.25, 0.3) is 5.65 Å². The normalized spacial score (nSPS) is 10.6. The third kappa shape index (κ3) is 4.32. The topological polar surface area (TPSA) is 58.4 Å². The highest BCUT2D eigenvalue weighted by atomic mass is 16.2. The monoisotopic (exact) mass is 308 g/mol. The van der Waals surface area contributed by atoms with Crippen molar-refractivity contribution in [3.63, 3.8) is 0 Å². The van der Waals surface area contributed by atoms with E-state index in [0.29, 0.717) is 19.5 Å². The van der Waals surface area contributed by atoms with Crippen LogP contribution in [0.1, 0.15) is 11.3 Å². The number of rotatable bonds is 6. The molecular weight excluding hydrogens is 288 g/mol. The van der Waals surface area contributed by atoms with Crippen LogP contribution >= 0.6 is 0 Å². The predicted octanol–water partition coefficient (Wildman–Crippen LogP) is 2.42. The number of nitrogens with zero attached hydrogens (tertiary/aromatic N) is 2. The summed E-state index contributed by atoms with van der Waals surface area (Å²) in [5.74, 6) is 0. The molecule has 118 valence electrons. The Labute approximate surface area is 135 Å². The van der Waals surface area contributed by atoms with Crippen LogP contribution in [0.4, 0.5) is 4.79 Å². The number of hydrogen-bond donors (Lipinski definition) is 2. The number of nitrogens with one attached hydrogen (secondary N) is 2. The smallest absolute Gasteiger partial charge is 0.314 e. The standard InChI is InChI=1S/C18H20N4O/c23-18(19-11-9-15-6-2-1-3-7-15)20-12-10-16-14-22-13-5-4-8-17(22)21-16/h1-8,13-14H,9-12H2,(H2,19,20,23). The highest BCUT2D eigenvalue weighted by Gasteiger charge is 2.03. The minimum absolute atomic E-state index is 0.135. The lowest BCUT2D eigenvalue weighted by molar-refractivity contribution is 0.241. The number of urea groups is 1. The molecule has 0 saturated carbocycles. The summed E-state index contributed by atoms with van der Waals surface area (Å²) in [7, 11) is 0. The van der Waals surface area contributed by atoms with Gasteiger partial charge in [-0.05, 0) is 24.1 Å². The van der Waals surface area contributed by atoms with E-state index in [1.807, 2.05) is 53.2 Å². The minimum Gasteiger partial charge on any atom is -0.338 e. The molecule has 0 saturated heterocycles. The number of aromatic nitrogens is 2. The zero-order chi connectivity index (χ0) is 15.9. The van der Waals surface area contributed by atoms with Crippen molar-refractivity contribution in [1.29, 1.82) is 0 Å². The molecule has 2 heterocycles. The first-order valence-electron chi connectivity index (χ1n) is 7.79. The van der Waals surface area contributed by atoms with Crippen LogP contribution in [0.2, 0.25) is 0 Å². The highest BCUT2D eigenvalue weighted by Crippen LogP contribution is 2.04. The van der Waals surface area contributed by atoms with Gasteiger partial charge < -0.3 is 15.0 Å². The molecule has 0 aliphatic heterocycles. The van der Waals surface area contributed by atoms with Gasteiger partial charge >= 0.3 is 6.03 Å². The van der Waals surface area contributed by atoms with E-state index in [1.165, 1.54) is 5.56 Å². The van der Waals surface area contributed by atoms with Gasteiger partial charge in [0.05, 0.1) is 5.69 Å². The molecule has 0 unspecified atom stereocenters. The zero-order valence-electron chi connectivity index (χ0n) is 12.9. The summed E-state index contributed by atoms with van der Waals surface area (Å²) < 4.78 is 1.98. The van der Waals surface area contributed by atoms with Crippen LogP contribution in [-0.4, -0.2) is 28.5 Å². The van der Waals surface area contributed by atoms with Gasteiger partial charge in [-0.3, -0.25) is 0 Å². The Morgan fingerprint density at radius 1 is 0.957 bits per heavy atom. The Morgan fingerprint density at radius 2 is 1.70 bits per heavy atom. The van der Waals surface area contributed by atoms with Crippen molar-refractivity contribution in [2.45, 2.75) is 12.8 Å². The first-order valence-corrected chi connectivity index (χ1v) is 7.79. The molecule has 0 spiro atoms. The van der Waals surface area contributed by atoms with Gasteiger partial charge in [-0.15, -0.1) is 0 Å². The number of hydrogen-bond acceptors (Lipinski definition) is 2. The second-order valence-corrected chi connectivity index (χ2v) is 5.37. The van der Waals surface area contributed by atoms with E-state index in [1.54, 1.807) is 0 Å². The molecule has 2 amide bonds. The summed E-state index contributed by atoms with van der Waals surface area (Å²) in [6.07, 6.45) is 5.51. The number of imidazole rings is 1. The zero-order valence-corrected chi connectivity index (χ0v) is 12.9. The van der Waals surface area contributed by atoms with Gasteiger partial charge in [0.1, 0.15) is 5.65 Å². The quantitative estimate of drug-likeness (QED) is 0.735. The van der Waals surface area contributed by atoms with Gasteiger partial charge in [-0.1, -0.05) is 36.4 Å². The van der Waals surface area contributed by atoms with E-state index in [0.717, 1.165) is 17.8 Å². The summed E-state index contributed by atoms with van der Waals surface area (Å²) >= 11 is 0. The van der Waals surface area contributed by atoms with Crippen molar-refractivity contribution in [3.05, 3.63) is 72.2 Å². The Kier molecular flexibility index (Phi) is 4.88. The molecule has 2 aromatic heterocycles. The lowest BCUT2D eigenvalue weighted by atomic mass is 10.1. The SMILES string of the molecule is O=C(NCCc1ccccc1)NCCc1cn2ccccc2n1. The van der Waals surface area contributed by atoms with Crippen molar-refractivity contribution in [1.82, 2.24) is 20.0 Å². The third-order valence-electron chi connectivity index (χ3n) is 3.62. The lowest BCUT2D eigenvalue weighted by Gasteiger charge is -2.07. The number of carbonyl (C=O) groups is 1. The van der Waals surface area contributed by atoms with Crippen LogP contribution in [0, 0.1) is 0 Å². The van der Waals surface area contributed by atoms with Gasteiger partial charge in [0.25, 0.3) is 0 Å². The molecule has 0 radical (unpaired) electrons. The maximum absolute atomic E-state index is 11.7. The van der Waals surface area contributed by atoms with Crippen LogP contribution < -0.4 is 10.6 Å². The Bertz CT molecular complexity index is 734. The molecule has 5 heteroatoms. The Morgan fingerprint density at radius 3 is 2.48 bits per heavy atom. The van der Waals surface area contributed by atoms with Crippen LogP contribution in [0.3, 0.4) is 0 Å². The maximum atomic E-state index is 11.7. The van der Waals surface area contributed by atoms with Crippen molar-refractivity contribution in [3.8, 4) is 0 Å². The van der Waals surface area contributed by atoms with Crippen LogP contribution in [0.15, 0.2) is 60.9 Å². The number of fused-ring (bicyclic) bond motifs is 1. The maximum Gasteiger partial charge on any atom is 0.314 e. The summed E-state index contributed by atoms with van der Waals surface area (Å²) in [6, 6.07) is 15.9. The molecule has 0 aliphatic carbocycles. The molecule has 3 rings (SSSR count). The summed E-state index contributed by atoms with van der Waals surface area (Å²) in [6.45, 7) is 1.20. The van der Waals surface area contributed by atoms with Gasteiger partial charge in [-0.25, -0.2) is 9.78 Å². The summed E-state index contributed by atoms with van der Waals surface area (Å²) in [5, 5.41) is 5.73. The van der Waals surface area contributed by atoms with Crippen molar-refractivity contribution in [2.24, 2.45) is 0 Å². The van der Waals surface area contributed by atoms with E-state index in [4.69, 9.17) is 0 Å². The van der Waals surface area contributed by atoms with E-state index in [9.17, 15) is 4.79 Å². The van der Waals surface area contributed by atoms with Crippen LogP contribution in [0.5, 0.6) is 0 Å². The second-order valence-electron chi connectivity index (χ2n) is 5.37. The number of carbonyl (C=O) groups excluding carboxylic acids is 1. The van der Waals surface area contributed by atoms with Crippen LogP contribution in [-0.2, 0) is 12.8 Å². The number of pyridine rings is 1. The van der Waals surface area contributed by atoms with Gasteiger partial charge in [0.2, 0.25) is 0 Å². The lowest BCUT2D eigenvalue weighted by Crippen LogP contribution is -2.37. The second kappa shape index (κ2) is 7.45. The average Bonchev–Trinajstić information content (AvgIpc) is 2.98. The molecular formula is C18H20N4O. The fourth-order valence-electron chi connectivity index (χ4n) is 2.44. The van der Waals surface area contributed by atoms with Gasteiger partial charge in [0, 0.05) is 31.9 Å². The van der Waals surface area contributed by atoms with Crippen molar-refractivity contribution >= 4 is 11.7 Å². The van der Waals surface area contributed by atoms with Gasteiger partial charge in [-0.2, -0.15) is 0 Å². The summed E-state index contributed by atoms with van der Waals surface area (Å²) in [4.78, 5) is 16.3. The van der Waals surface area contributed by atoms with Crippen molar-refractivity contribution < 1.29 is 4.79 Å². The average molecular weight is 308 g/mol. The number of amides is 2. The molecule has 0 fully saturated rings. The van der Waals surface area contributed by atoms with Crippen molar-refractivity contribution in [2.75, 3.05) is 13.1 Å². The van der Waals surface area contributed by atoms with E-state index in [-0.39, 0.29) is 6.03 Å². The molecule has 23 heavy (non-hydrogen) atoms. The highest BCUT2D eigenvalue weighted by molar-refractivity contribution is 5.73. The predicted molar refractivity (Wildman–Crippen MR) is 90.4 cm³/mol. The van der Waals surface area contributed by atoms with E-state index in [2.05, 4.69) is 27.8 Å². The molecule has 3 aromatic rings.